The van der Waals surface area contributed by atoms with Crippen LogP contribution in [-0.2, 0) is 0 Å². The van der Waals surface area contributed by atoms with Crippen molar-refractivity contribution in [2.24, 2.45) is 29.1 Å². The zero-order valence-electron chi connectivity index (χ0n) is 5.55. The summed E-state index contributed by atoms with van der Waals surface area (Å²) in [6, 6.07) is 0. The third kappa shape index (κ3) is 0.199. The summed E-state index contributed by atoms with van der Waals surface area (Å²) in [5, 5.41) is 9.22. The van der Waals surface area contributed by atoms with Gasteiger partial charge in [0.05, 0.1) is 6.61 Å². The lowest BCUT2D eigenvalue weighted by molar-refractivity contribution is 0.141. The first-order valence-corrected chi connectivity index (χ1v) is 4.87. The van der Waals surface area contributed by atoms with Crippen LogP contribution in [-0.4, -0.2) is 16.0 Å². The van der Waals surface area contributed by atoms with Crippen molar-refractivity contribution >= 4 is 15.9 Å². The van der Waals surface area contributed by atoms with E-state index >= 15 is 0 Å². The highest BCUT2D eigenvalue weighted by Gasteiger charge is 3.03. The molecule has 5 saturated carbocycles. The average Bonchev–Trinajstić information content (AvgIpc) is 2.59. The molecular weight excluding hydrogens is 192 g/mol. The van der Waals surface area contributed by atoms with E-state index in [0.29, 0.717) is 16.3 Å². The lowest BCUT2D eigenvalue weighted by Crippen LogP contribution is -2.32. The van der Waals surface area contributed by atoms with Crippen LogP contribution in [0.15, 0.2) is 0 Å². The fourth-order valence-electron chi connectivity index (χ4n) is 4.49. The normalized spacial score (nSPS) is 85.8. The zero-order chi connectivity index (χ0) is 6.72. The molecule has 0 aliphatic heterocycles. The number of alkyl halides is 1. The third-order valence-corrected chi connectivity index (χ3v) is 6.60. The molecule has 0 aromatic carbocycles. The number of hydrogen-bond donors (Lipinski definition) is 1. The Bertz CT molecular complexity index is 254. The Morgan fingerprint density at radius 3 is 2.50 bits per heavy atom. The summed E-state index contributed by atoms with van der Waals surface area (Å²) < 4.78 is 0.462. The summed E-state index contributed by atoms with van der Waals surface area (Å²) in [5.41, 5.74) is 0.405. The molecule has 5 fully saturated rings. The highest BCUT2D eigenvalue weighted by molar-refractivity contribution is 9.10. The van der Waals surface area contributed by atoms with Gasteiger partial charge in [-0.1, -0.05) is 15.9 Å². The minimum atomic E-state index is 0.405. The van der Waals surface area contributed by atoms with Crippen molar-refractivity contribution in [1.82, 2.24) is 0 Å². The van der Waals surface area contributed by atoms with Crippen molar-refractivity contribution in [3.8, 4) is 0 Å². The van der Waals surface area contributed by atoms with E-state index in [1.54, 1.807) is 0 Å². The Morgan fingerprint density at radius 1 is 1.50 bits per heavy atom. The molecule has 0 spiro atoms. The van der Waals surface area contributed by atoms with Crippen LogP contribution in [0.3, 0.4) is 0 Å². The fraction of sp³-hybridized carbons (Fsp3) is 1.00. The molecule has 5 rings (SSSR count). The van der Waals surface area contributed by atoms with Crippen LogP contribution >= 0.6 is 15.9 Å². The summed E-state index contributed by atoms with van der Waals surface area (Å²) >= 11 is 3.81. The first-order valence-electron chi connectivity index (χ1n) is 4.08. The van der Waals surface area contributed by atoms with Crippen molar-refractivity contribution in [3.63, 3.8) is 0 Å². The minimum Gasteiger partial charge on any atom is -0.396 e. The topological polar surface area (TPSA) is 20.2 Å². The molecule has 0 heterocycles. The Labute approximate surface area is 67.9 Å². The molecule has 6 atom stereocenters. The summed E-state index contributed by atoms with van der Waals surface area (Å²) in [7, 11) is 0. The molecule has 0 saturated heterocycles. The molecule has 1 nitrogen and oxygen atoms in total. The highest BCUT2D eigenvalue weighted by atomic mass is 79.9. The predicted octanol–water partition coefficient (Wildman–Crippen LogP) is 1.01. The van der Waals surface area contributed by atoms with Gasteiger partial charge in [0, 0.05) is 9.74 Å². The highest BCUT2D eigenvalue weighted by Crippen LogP contribution is 3.02. The van der Waals surface area contributed by atoms with Gasteiger partial charge in [-0.15, -0.1) is 0 Å². The van der Waals surface area contributed by atoms with E-state index in [1.807, 2.05) is 0 Å². The van der Waals surface area contributed by atoms with Crippen molar-refractivity contribution in [1.29, 1.82) is 0 Å². The van der Waals surface area contributed by atoms with Gasteiger partial charge in [0.1, 0.15) is 0 Å². The summed E-state index contributed by atoms with van der Waals surface area (Å²) in [4.78, 5) is 0. The van der Waals surface area contributed by atoms with Gasteiger partial charge >= 0.3 is 0 Å². The second-order valence-corrected chi connectivity index (χ2v) is 5.78. The quantitative estimate of drug-likeness (QED) is 0.627. The molecule has 5 aliphatic rings. The molecule has 5 aliphatic carbocycles. The molecule has 0 aromatic rings. The number of aliphatic hydroxyl groups excluding tert-OH is 1. The lowest BCUT2D eigenvalue weighted by atomic mass is 9.85. The molecule has 0 aromatic heterocycles. The van der Waals surface area contributed by atoms with Crippen molar-refractivity contribution in [3.05, 3.63) is 0 Å². The smallest absolute Gasteiger partial charge is 0.0507 e. The first kappa shape index (κ1) is 5.15. The van der Waals surface area contributed by atoms with Crippen LogP contribution in [0.1, 0.15) is 6.42 Å². The second kappa shape index (κ2) is 0.962. The molecule has 2 heteroatoms. The molecule has 6 unspecified atom stereocenters. The van der Waals surface area contributed by atoms with Gasteiger partial charge in [-0.25, -0.2) is 0 Å². The molecule has 0 amide bonds. The molecule has 2 bridgehead atoms. The fourth-order valence-corrected chi connectivity index (χ4v) is 6.26. The number of halogens is 1. The van der Waals surface area contributed by atoms with E-state index in [9.17, 15) is 5.11 Å². The van der Waals surface area contributed by atoms with Gasteiger partial charge in [0.2, 0.25) is 0 Å². The van der Waals surface area contributed by atoms with Crippen LogP contribution in [0.25, 0.3) is 0 Å². The molecule has 1 N–H and O–H groups in total. The van der Waals surface area contributed by atoms with Crippen molar-refractivity contribution in [2.75, 3.05) is 6.61 Å². The SMILES string of the molecule is OCC12C3C4CC1C2(Br)C43. The van der Waals surface area contributed by atoms with Gasteiger partial charge in [-0.3, -0.25) is 0 Å². The summed E-state index contributed by atoms with van der Waals surface area (Å²) in [6.45, 7) is 0.445. The van der Waals surface area contributed by atoms with E-state index in [1.165, 1.54) is 6.42 Å². The van der Waals surface area contributed by atoms with E-state index < -0.39 is 0 Å². The van der Waals surface area contributed by atoms with Gasteiger partial charge in [0.25, 0.3) is 0 Å². The maximum absolute atomic E-state index is 9.22. The third-order valence-electron chi connectivity index (χ3n) is 4.78. The second-order valence-electron chi connectivity index (χ2n) is 4.47. The Balaban J connectivity index is 1.97. The van der Waals surface area contributed by atoms with Crippen LogP contribution in [0.5, 0.6) is 0 Å². The maximum atomic E-state index is 9.22. The van der Waals surface area contributed by atoms with Crippen LogP contribution in [0, 0.1) is 29.1 Å². The number of hydrogen-bond acceptors (Lipinski definition) is 1. The number of aliphatic hydroxyl groups is 1. The molecule has 0 radical (unpaired) electrons. The summed E-state index contributed by atoms with van der Waals surface area (Å²) in [6.07, 6.45) is 1.42. The largest absolute Gasteiger partial charge is 0.396 e. The Morgan fingerprint density at radius 2 is 2.30 bits per heavy atom. The van der Waals surface area contributed by atoms with E-state index in [-0.39, 0.29) is 0 Å². The van der Waals surface area contributed by atoms with E-state index in [0.717, 1.165) is 23.7 Å². The van der Waals surface area contributed by atoms with Gasteiger partial charge < -0.3 is 5.11 Å². The average molecular weight is 201 g/mol. The molecule has 54 valence electrons. The van der Waals surface area contributed by atoms with E-state index in [2.05, 4.69) is 15.9 Å². The van der Waals surface area contributed by atoms with Crippen LogP contribution in [0.2, 0.25) is 0 Å². The van der Waals surface area contributed by atoms with Crippen molar-refractivity contribution in [2.45, 2.75) is 10.7 Å². The van der Waals surface area contributed by atoms with Gasteiger partial charge in [0.15, 0.2) is 0 Å². The van der Waals surface area contributed by atoms with Crippen molar-refractivity contribution < 1.29 is 5.11 Å². The number of rotatable bonds is 1. The first-order chi connectivity index (χ1) is 4.78. The zero-order valence-corrected chi connectivity index (χ0v) is 7.13. The maximum Gasteiger partial charge on any atom is 0.0507 e. The Hall–Kier alpha value is 0.440. The monoisotopic (exact) mass is 200 g/mol. The molecular formula is C8H9BrO. The standard InChI is InChI=1S/C8H9BrO/c9-8-4-1-3-5(6(3)8)7(4,8)2-10/h3-6,10H,1-2H2. The van der Waals surface area contributed by atoms with Crippen LogP contribution in [0.4, 0.5) is 0 Å². The van der Waals surface area contributed by atoms with E-state index in [4.69, 9.17) is 0 Å². The summed E-state index contributed by atoms with van der Waals surface area (Å²) in [5.74, 6) is 3.83. The minimum absolute atomic E-state index is 0.405. The molecule has 10 heavy (non-hydrogen) atoms. The van der Waals surface area contributed by atoms with Crippen LogP contribution < -0.4 is 0 Å². The lowest BCUT2D eigenvalue weighted by Gasteiger charge is -2.28. The Kier molecular flexibility index (Phi) is 0.495. The van der Waals surface area contributed by atoms with Gasteiger partial charge in [-0.2, -0.15) is 0 Å². The van der Waals surface area contributed by atoms with Gasteiger partial charge in [-0.05, 0) is 30.1 Å². The predicted molar refractivity (Wildman–Crippen MR) is 39.8 cm³/mol.